The van der Waals surface area contributed by atoms with Crippen LogP contribution < -0.4 is 5.32 Å². The molecule has 2 aromatic rings. The number of aryl methyl sites for hydroxylation is 1. The van der Waals surface area contributed by atoms with E-state index in [4.69, 9.17) is 0 Å². The van der Waals surface area contributed by atoms with Gasteiger partial charge < -0.3 is 15.3 Å². The van der Waals surface area contributed by atoms with Crippen molar-refractivity contribution in [2.45, 2.75) is 13.0 Å². The number of rotatable bonds is 4. The van der Waals surface area contributed by atoms with Crippen LogP contribution in [-0.4, -0.2) is 63.1 Å². The molecule has 3 heterocycles. The van der Waals surface area contributed by atoms with Crippen LogP contribution in [0.25, 0.3) is 11.0 Å². The molecule has 8 heteroatoms. The highest BCUT2D eigenvalue weighted by Crippen LogP contribution is 2.39. The molecule has 126 valence electrons. The number of aromatic nitrogens is 3. The molecule has 0 aliphatic carbocycles. The zero-order valence-corrected chi connectivity index (χ0v) is 13.2. The van der Waals surface area contributed by atoms with E-state index >= 15 is 0 Å². The summed E-state index contributed by atoms with van der Waals surface area (Å²) in [4.78, 5) is 25.9. The molecule has 24 heavy (non-hydrogen) atoms. The fraction of sp³-hybridized carbons (Fsp3) is 0.500. The number of likely N-dealkylation sites (tertiary alicyclic amines) is 1. The van der Waals surface area contributed by atoms with Crippen molar-refractivity contribution in [3.05, 3.63) is 24.3 Å². The summed E-state index contributed by atoms with van der Waals surface area (Å²) in [6.07, 6.45) is 0.295. The number of fused-ring (bicyclic) bond motifs is 2. The Bertz CT molecular complexity index is 804. The standard InChI is InChI=1S/C16H19N5O3/c22-14(5-6-21-13-4-2-1-3-12(13)18-19-21)20-8-11-7-17-9-16(11,10-20)15(23)24/h1-4,11,17H,5-10H2,(H,23,24)/t11-,16-/m0/s1. The molecule has 0 spiro atoms. The molecule has 0 bridgehead atoms. The van der Waals surface area contributed by atoms with E-state index in [1.807, 2.05) is 24.3 Å². The van der Waals surface area contributed by atoms with Gasteiger partial charge in [-0.05, 0) is 12.1 Å². The van der Waals surface area contributed by atoms with Gasteiger partial charge in [-0.3, -0.25) is 9.59 Å². The number of carboxylic acid groups (broad SMARTS) is 1. The molecule has 0 unspecified atom stereocenters. The molecule has 2 fully saturated rings. The third-order valence-corrected chi connectivity index (χ3v) is 5.26. The monoisotopic (exact) mass is 329 g/mol. The van der Waals surface area contributed by atoms with Gasteiger partial charge >= 0.3 is 5.97 Å². The van der Waals surface area contributed by atoms with E-state index in [1.54, 1.807) is 9.58 Å². The van der Waals surface area contributed by atoms with Crippen LogP contribution in [0.4, 0.5) is 0 Å². The van der Waals surface area contributed by atoms with Crippen LogP contribution in [0.5, 0.6) is 0 Å². The lowest BCUT2D eigenvalue weighted by Gasteiger charge is -2.22. The van der Waals surface area contributed by atoms with E-state index in [9.17, 15) is 14.7 Å². The molecule has 1 amide bonds. The number of nitrogens with zero attached hydrogens (tertiary/aromatic N) is 4. The van der Waals surface area contributed by atoms with Gasteiger partial charge in [-0.1, -0.05) is 17.3 Å². The highest BCUT2D eigenvalue weighted by atomic mass is 16.4. The number of benzene rings is 1. The number of carbonyl (C=O) groups is 2. The number of aliphatic carboxylic acids is 1. The minimum Gasteiger partial charge on any atom is -0.481 e. The Balaban J connectivity index is 1.43. The van der Waals surface area contributed by atoms with Crippen LogP contribution in [0.1, 0.15) is 6.42 Å². The van der Waals surface area contributed by atoms with Crippen LogP contribution >= 0.6 is 0 Å². The van der Waals surface area contributed by atoms with Crippen molar-refractivity contribution in [2.75, 3.05) is 26.2 Å². The number of amides is 1. The molecule has 2 atom stereocenters. The topological polar surface area (TPSA) is 100 Å². The summed E-state index contributed by atoms with van der Waals surface area (Å²) in [5.41, 5.74) is 0.877. The number of carboxylic acids is 1. The first kappa shape index (κ1) is 15.1. The van der Waals surface area contributed by atoms with Crippen LogP contribution in [0.2, 0.25) is 0 Å². The van der Waals surface area contributed by atoms with Crippen molar-refractivity contribution >= 4 is 22.9 Å². The Morgan fingerprint density at radius 2 is 2.21 bits per heavy atom. The van der Waals surface area contributed by atoms with Crippen LogP contribution in [0, 0.1) is 11.3 Å². The van der Waals surface area contributed by atoms with E-state index in [1.165, 1.54) is 0 Å². The smallest absolute Gasteiger partial charge is 0.313 e. The quantitative estimate of drug-likeness (QED) is 0.816. The molecule has 2 saturated heterocycles. The maximum atomic E-state index is 12.5. The molecule has 8 nitrogen and oxygen atoms in total. The zero-order valence-electron chi connectivity index (χ0n) is 13.2. The largest absolute Gasteiger partial charge is 0.481 e. The molecule has 1 aromatic heterocycles. The highest BCUT2D eigenvalue weighted by molar-refractivity contribution is 5.82. The van der Waals surface area contributed by atoms with Gasteiger partial charge in [0.15, 0.2) is 0 Å². The number of hydrogen-bond donors (Lipinski definition) is 2. The molecule has 2 aliphatic rings. The highest BCUT2D eigenvalue weighted by Gasteiger charge is 2.55. The van der Waals surface area contributed by atoms with Crippen LogP contribution in [0.3, 0.4) is 0 Å². The predicted octanol–water partition coefficient (Wildman–Crippen LogP) is -0.0460. The number of para-hydroxylation sites is 1. The van der Waals surface area contributed by atoms with Crippen molar-refractivity contribution in [1.82, 2.24) is 25.2 Å². The molecular formula is C16H19N5O3. The number of carbonyl (C=O) groups excluding carboxylic acids is 1. The van der Waals surface area contributed by atoms with Crippen molar-refractivity contribution in [1.29, 1.82) is 0 Å². The summed E-state index contributed by atoms with van der Waals surface area (Å²) in [5.74, 6) is -0.842. The van der Waals surface area contributed by atoms with Gasteiger partial charge in [-0.2, -0.15) is 0 Å². The summed E-state index contributed by atoms with van der Waals surface area (Å²) in [6, 6.07) is 7.61. The maximum absolute atomic E-state index is 12.5. The Hall–Kier alpha value is -2.48. The van der Waals surface area contributed by atoms with Gasteiger partial charge in [0.25, 0.3) is 0 Å². The minimum absolute atomic E-state index is 0.00819. The molecule has 0 radical (unpaired) electrons. The maximum Gasteiger partial charge on any atom is 0.313 e. The van der Waals surface area contributed by atoms with E-state index < -0.39 is 11.4 Å². The van der Waals surface area contributed by atoms with E-state index in [0.29, 0.717) is 32.6 Å². The lowest BCUT2D eigenvalue weighted by Crippen LogP contribution is -2.41. The molecule has 2 N–H and O–H groups in total. The summed E-state index contributed by atoms with van der Waals surface area (Å²) in [6.45, 7) is 2.33. The van der Waals surface area contributed by atoms with Crippen molar-refractivity contribution in [3.8, 4) is 0 Å². The molecule has 0 saturated carbocycles. The van der Waals surface area contributed by atoms with E-state index in [0.717, 1.165) is 11.0 Å². The zero-order chi connectivity index (χ0) is 16.7. The van der Waals surface area contributed by atoms with E-state index in [2.05, 4.69) is 15.6 Å². The number of nitrogens with one attached hydrogen (secondary N) is 1. The minimum atomic E-state index is -0.824. The Morgan fingerprint density at radius 1 is 1.38 bits per heavy atom. The predicted molar refractivity (Wildman–Crippen MR) is 85.2 cm³/mol. The fourth-order valence-electron chi connectivity index (χ4n) is 3.85. The SMILES string of the molecule is O=C(CCn1nnc2ccccc21)N1C[C@@H]2CNC[C@]2(C(=O)O)C1. The summed E-state index contributed by atoms with van der Waals surface area (Å²) < 4.78 is 1.72. The second-order valence-corrected chi connectivity index (χ2v) is 6.61. The third kappa shape index (κ3) is 2.25. The molecule has 4 rings (SSSR count). The lowest BCUT2D eigenvalue weighted by atomic mass is 9.81. The van der Waals surface area contributed by atoms with Crippen LogP contribution in [0.15, 0.2) is 24.3 Å². The van der Waals surface area contributed by atoms with Gasteiger partial charge in [0.05, 0.1) is 12.1 Å². The normalized spacial score (nSPS) is 26.0. The van der Waals surface area contributed by atoms with Crippen molar-refractivity contribution < 1.29 is 14.7 Å². The van der Waals surface area contributed by atoms with Crippen molar-refractivity contribution in [3.63, 3.8) is 0 Å². The first-order valence-electron chi connectivity index (χ1n) is 8.10. The second-order valence-electron chi connectivity index (χ2n) is 6.61. The van der Waals surface area contributed by atoms with Gasteiger partial charge in [0, 0.05) is 38.5 Å². The Kier molecular flexibility index (Phi) is 3.49. The number of hydrogen-bond acceptors (Lipinski definition) is 5. The third-order valence-electron chi connectivity index (χ3n) is 5.26. The summed E-state index contributed by atoms with van der Waals surface area (Å²) >= 11 is 0. The average molecular weight is 329 g/mol. The van der Waals surface area contributed by atoms with Crippen LogP contribution in [-0.2, 0) is 16.1 Å². The van der Waals surface area contributed by atoms with Gasteiger partial charge in [0.1, 0.15) is 10.9 Å². The average Bonchev–Trinajstić information content (AvgIpc) is 3.25. The first-order valence-corrected chi connectivity index (χ1v) is 8.10. The Labute approximate surface area is 138 Å². The van der Waals surface area contributed by atoms with Gasteiger partial charge in [0.2, 0.25) is 5.91 Å². The summed E-state index contributed by atoms with van der Waals surface area (Å²) in [5, 5.41) is 20.9. The second kappa shape index (κ2) is 5.55. The van der Waals surface area contributed by atoms with Crippen molar-refractivity contribution in [2.24, 2.45) is 11.3 Å². The van der Waals surface area contributed by atoms with Gasteiger partial charge in [-0.15, -0.1) is 5.10 Å². The Morgan fingerprint density at radius 3 is 3.00 bits per heavy atom. The molecule has 2 aliphatic heterocycles. The van der Waals surface area contributed by atoms with E-state index in [-0.39, 0.29) is 18.4 Å². The van der Waals surface area contributed by atoms with Gasteiger partial charge in [-0.25, -0.2) is 4.68 Å². The molecular weight excluding hydrogens is 310 g/mol. The fourth-order valence-corrected chi connectivity index (χ4v) is 3.85. The summed E-state index contributed by atoms with van der Waals surface area (Å²) in [7, 11) is 0. The molecule has 1 aromatic carbocycles. The first-order chi connectivity index (χ1) is 11.6. The lowest BCUT2D eigenvalue weighted by molar-refractivity contribution is -0.148.